The molecule has 3 amide bonds. The Morgan fingerprint density at radius 1 is 1.00 bits per heavy atom. The number of amides is 3. The zero-order chi connectivity index (χ0) is 32.1. The number of ether oxygens (including phenoxy) is 1. The molecular weight excluding hydrogens is 597 g/mol. The van der Waals surface area contributed by atoms with Crippen molar-refractivity contribution in [3.05, 3.63) is 90.0 Å². The Hall–Kier alpha value is -5.40. The van der Waals surface area contributed by atoms with E-state index in [1.807, 2.05) is 37.3 Å². The highest BCUT2D eigenvalue weighted by Gasteiger charge is 2.44. The molecule has 2 atom stereocenters. The fourth-order valence-electron chi connectivity index (χ4n) is 5.05. The maximum absolute atomic E-state index is 13.3. The smallest absolute Gasteiger partial charge is 0.489 e. The number of halogens is 3. The molecule has 1 unspecified atom stereocenters. The van der Waals surface area contributed by atoms with E-state index in [9.17, 15) is 32.3 Å². The largest absolute Gasteiger partial charge is 0.493 e. The van der Waals surface area contributed by atoms with Gasteiger partial charge in [0.2, 0.25) is 5.91 Å². The number of nitrogens with one attached hydrogen (secondary N) is 2. The summed E-state index contributed by atoms with van der Waals surface area (Å²) in [7, 11) is 0. The normalized spacial score (nSPS) is 16.6. The number of likely N-dealkylation sites (tertiary alicyclic amines) is 1. The summed E-state index contributed by atoms with van der Waals surface area (Å²) in [6, 6.07) is 19.1. The highest BCUT2D eigenvalue weighted by Crippen LogP contribution is 2.28. The van der Waals surface area contributed by atoms with Gasteiger partial charge in [0, 0.05) is 35.4 Å². The van der Waals surface area contributed by atoms with E-state index in [-0.39, 0.29) is 31.9 Å². The number of nitrogens with zero attached hydrogens (tertiary/aromatic N) is 2. The number of piperidine rings is 1. The molecule has 0 spiro atoms. The molecule has 4 aromatic rings. The second-order valence-corrected chi connectivity index (χ2v) is 10.3. The molecule has 2 aromatic carbocycles. The fourth-order valence-corrected chi connectivity index (χ4v) is 5.05. The number of carbonyl (C=O) groups excluding carboxylic acids is 4. The van der Waals surface area contributed by atoms with Crippen LogP contribution < -0.4 is 15.5 Å². The van der Waals surface area contributed by atoms with Gasteiger partial charge in [-0.05, 0) is 61.9 Å². The zero-order valence-electron chi connectivity index (χ0n) is 23.8. The monoisotopic (exact) mass is 624 g/mol. The van der Waals surface area contributed by atoms with Gasteiger partial charge >= 0.3 is 12.1 Å². The molecule has 1 saturated heterocycles. The van der Waals surface area contributed by atoms with Crippen molar-refractivity contribution in [3.63, 3.8) is 0 Å². The van der Waals surface area contributed by atoms with Crippen molar-refractivity contribution in [2.45, 2.75) is 26.1 Å². The molecule has 1 aliphatic rings. The average Bonchev–Trinajstić information content (AvgIpc) is 3.57. The summed E-state index contributed by atoms with van der Waals surface area (Å²) in [6.07, 6.45) is -4.07. The Morgan fingerprint density at radius 2 is 1.76 bits per heavy atom. The molecular formula is C31H27F3N4O7. The van der Waals surface area contributed by atoms with Crippen LogP contribution in [0.4, 0.5) is 18.9 Å². The Morgan fingerprint density at radius 3 is 2.47 bits per heavy atom. The number of fused-ring (bicyclic) bond motifs is 1. The molecule has 0 aliphatic carbocycles. The van der Waals surface area contributed by atoms with E-state index >= 15 is 0 Å². The molecule has 3 heterocycles. The van der Waals surface area contributed by atoms with Crippen LogP contribution in [-0.2, 0) is 25.8 Å². The maximum atomic E-state index is 13.3. The molecule has 2 aromatic heterocycles. The van der Waals surface area contributed by atoms with Crippen molar-refractivity contribution in [2.24, 2.45) is 11.8 Å². The number of aryl methyl sites for hydroxylation is 1. The zero-order valence-corrected chi connectivity index (χ0v) is 23.8. The summed E-state index contributed by atoms with van der Waals surface area (Å²) >= 11 is 0. The van der Waals surface area contributed by atoms with Crippen LogP contribution in [0.3, 0.4) is 0 Å². The number of benzene rings is 2. The van der Waals surface area contributed by atoms with E-state index in [1.54, 1.807) is 24.3 Å². The van der Waals surface area contributed by atoms with E-state index in [2.05, 4.69) is 15.1 Å². The fraction of sp³-hybridized carbons (Fsp3) is 0.258. The first-order chi connectivity index (χ1) is 21.5. The standard InChI is InChI=1S/C31H27F3N4O7/c1-18-15-19(22-5-2-3-6-25(22)35-18)17-44-21-10-8-20(9-11-21)36-27(39)23-12-13-38(29(41)26-7-4-14-43-26)16-24(23)28(40)37-45-30(42)31(32,33)34/h2-11,14-15,23-24H,12-13,16-17H2,1H3,(H,36,39)(H,37,40)/t23?,24-/m0/s1. The number of para-hydroxylation sites is 1. The predicted octanol–water partition coefficient (Wildman–Crippen LogP) is 4.57. The van der Waals surface area contributed by atoms with Crippen LogP contribution in [0.15, 0.2) is 77.4 Å². The summed E-state index contributed by atoms with van der Waals surface area (Å²) in [5, 5.41) is 3.67. The van der Waals surface area contributed by atoms with Gasteiger partial charge in [0.15, 0.2) is 5.76 Å². The molecule has 1 aliphatic heterocycles. The third kappa shape index (κ3) is 7.40. The van der Waals surface area contributed by atoms with Gasteiger partial charge in [0.05, 0.1) is 23.6 Å². The Labute approximate surface area is 254 Å². The molecule has 14 heteroatoms. The highest BCUT2D eigenvalue weighted by molar-refractivity contribution is 5.97. The lowest BCUT2D eigenvalue weighted by atomic mass is 9.84. The van der Waals surface area contributed by atoms with E-state index in [1.165, 1.54) is 28.8 Å². The van der Waals surface area contributed by atoms with Gasteiger partial charge in [-0.3, -0.25) is 19.4 Å². The highest BCUT2D eigenvalue weighted by atomic mass is 19.4. The van der Waals surface area contributed by atoms with E-state index in [0.29, 0.717) is 11.4 Å². The second-order valence-electron chi connectivity index (χ2n) is 10.3. The number of aromatic nitrogens is 1. The Balaban J connectivity index is 1.25. The van der Waals surface area contributed by atoms with Gasteiger partial charge in [0.25, 0.3) is 11.8 Å². The first-order valence-corrected chi connectivity index (χ1v) is 13.8. The Kier molecular flexibility index (Phi) is 9.02. The first kappa shape index (κ1) is 31.0. The first-order valence-electron chi connectivity index (χ1n) is 13.8. The van der Waals surface area contributed by atoms with Crippen LogP contribution in [-0.4, -0.2) is 52.8 Å². The van der Waals surface area contributed by atoms with Crippen molar-refractivity contribution in [2.75, 3.05) is 18.4 Å². The second kappa shape index (κ2) is 13.1. The predicted molar refractivity (Wildman–Crippen MR) is 152 cm³/mol. The summed E-state index contributed by atoms with van der Waals surface area (Å²) in [5.41, 5.74) is 4.52. The number of rotatable bonds is 7. The summed E-state index contributed by atoms with van der Waals surface area (Å²) < 4.78 is 48.8. The molecule has 45 heavy (non-hydrogen) atoms. The van der Waals surface area contributed by atoms with Crippen LogP contribution in [0.2, 0.25) is 0 Å². The minimum atomic E-state index is -5.35. The molecule has 1 fully saturated rings. The summed E-state index contributed by atoms with van der Waals surface area (Å²) in [6.45, 7) is 1.89. The molecule has 0 bridgehead atoms. The van der Waals surface area contributed by atoms with E-state index < -0.39 is 41.7 Å². The number of carbonyl (C=O) groups is 4. The number of hydroxylamine groups is 1. The third-order valence-electron chi connectivity index (χ3n) is 7.23. The van der Waals surface area contributed by atoms with Crippen LogP contribution in [0.25, 0.3) is 10.9 Å². The third-order valence-corrected chi connectivity index (χ3v) is 7.23. The Bertz CT molecular complexity index is 1710. The number of alkyl halides is 3. The number of hydrogen-bond acceptors (Lipinski definition) is 8. The van der Waals surface area contributed by atoms with Gasteiger partial charge in [-0.25, -0.2) is 4.79 Å². The van der Waals surface area contributed by atoms with Gasteiger partial charge in [-0.2, -0.15) is 18.7 Å². The van der Waals surface area contributed by atoms with Crippen molar-refractivity contribution < 1.29 is 46.3 Å². The number of anilines is 1. The molecule has 11 nitrogen and oxygen atoms in total. The van der Waals surface area contributed by atoms with Gasteiger partial charge < -0.3 is 24.2 Å². The quantitative estimate of drug-likeness (QED) is 0.285. The van der Waals surface area contributed by atoms with E-state index in [0.717, 1.165) is 22.2 Å². The average molecular weight is 625 g/mol. The topological polar surface area (TPSA) is 140 Å². The van der Waals surface area contributed by atoms with Gasteiger partial charge in [-0.15, -0.1) is 0 Å². The summed E-state index contributed by atoms with van der Waals surface area (Å²) in [4.78, 5) is 59.8. The van der Waals surface area contributed by atoms with Crippen LogP contribution in [0.1, 0.15) is 28.2 Å². The van der Waals surface area contributed by atoms with Crippen LogP contribution in [0.5, 0.6) is 5.75 Å². The van der Waals surface area contributed by atoms with Crippen LogP contribution >= 0.6 is 0 Å². The maximum Gasteiger partial charge on any atom is 0.493 e. The lowest BCUT2D eigenvalue weighted by Crippen LogP contribution is -2.52. The van der Waals surface area contributed by atoms with Crippen molar-refractivity contribution in [3.8, 4) is 5.75 Å². The number of pyridine rings is 1. The summed E-state index contributed by atoms with van der Waals surface area (Å²) in [5.74, 6) is -6.91. The molecule has 5 rings (SSSR count). The van der Waals surface area contributed by atoms with Crippen molar-refractivity contribution >= 4 is 40.3 Å². The van der Waals surface area contributed by atoms with Crippen molar-refractivity contribution in [1.82, 2.24) is 15.4 Å². The molecule has 0 radical (unpaired) electrons. The minimum absolute atomic E-state index is 0.00983. The van der Waals surface area contributed by atoms with E-state index in [4.69, 9.17) is 9.15 Å². The SMILES string of the molecule is Cc1cc(COc2ccc(NC(=O)C3CCN(C(=O)c4ccco4)C[C@@H]3C(=O)NOC(=O)C(F)(F)F)cc2)c2ccccc2n1. The van der Waals surface area contributed by atoms with Gasteiger partial charge in [-0.1, -0.05) is 18.2 Å². The molecule has 0 saturated carbocycles. The minimum Gasteiger partial charge on any atom is -0.489 e. The molecule has 2 N–H and O–H groups in total. The van der Waals surface area contributed by atoms with Crippen LogP contribution in [0, 0.1) is 18.8 Å². The van der Waals surface area contributed by atoms with Crippen molar-refractivity contribution in [1.29, 1.82) is 0 Å². The lowest BCUT2D eigenvalue weighted by Gasteiger charge is -2.36. The molecule has 234 valence electrons. The number of furan rings is 1. The lowest BCUT2D eigenvalue weighted by molar-refractivity contribution is -0.208. The van der Waals surface area contributed by atoms with Gasteiger partial charge in [0.1, 0.15) is 12.4 Å². The number of hydrogen-bond donors (Lipinski definition) is 2.